The number of hydrazine groups is 1. The Morgan fingerprint density at radius 2 is 1.64 bits per heavy atom. The summed E-state index contributed by atoms with van der Waals surface area (Å²) in [6, 6.07) is 9.39. The molecule has 0 aromatic heterocycles. The van der Waals surface area contributed by atoms with Crippen molar-refractivity contribution in [2.45, 2.75) is 0 Å². The van der Waals surface area contributed by atoms with Crippen molar-refractivity contribution in [2.75, 3.05) is 13.2 Å². The number of nitrogens with one attached hydrogen (secondary N) is 2. The molecular weight excluding hydrogens is 552 g/mol. The fourth-order valence-corrected chi connectivity index (χ4v) is 4.66. The lowest BCUT2D eigenvalue weighted by molar-refractivity contribution is -0.132. The molecule has 0 aliphatic carbocycles. The van der Waals surface area contributed by atoms with Crippen LogP contribution in [0.15, 0.2) is 41.3 Å². The number of hydrogen-bond acceptors (Lipinski definition) is 6. The maximum Gasteiger partial charge on any atom is 0.276 e. The monoisotopic (exact) mass is 563 g/mol. The van der Waals surface area contributed by atoms with Crippen molar-refractivity contribution < 1.29 is 19.1 Å². The van der Waals surface area contributed by atoms with Gasteiger partial charge in [0.2, 0.25) is 0 Å². The second kappa shape index (κ2) is 11.4. The van der Waals surface area contributed by atoms with E-state index in [0.717, 1.165) is 16.7 Å². The lowest BCUT2D eigenvalue weighted by atomic mass is 10.2. The van der Waals surface area contributed by atoms with Crippen molar-refractivity contribution in [3.8, 4) is 5.75 Å². The van der Waals surface area contributed by atoms with Gasteiger partial charge in [-0.3, -0.25) is 30.1 Å². The summed E-state index contributed by atoms with van der Waals surface area (Å²) >= 11 is 30.0. The van der Waals surface area contributed by atoms with Crippen LogP contribution in [0.3, 0.4) is 0 Å². The summed E-state index contributed by atoms with van der Waals surface area (Å²) in [5.41, 5.74) is 4.97. The van der Waals surface area contributed by atoms with E-state index in [1.807, 2.05) is 0 Å². The van der Waals surface area contributed by atoms with Crippen LogP contribution in [0.4, 0.5) is 0 Å². The zero-order chi connectivity index (χ0) is 24.1. The van der Waals surface area contributed by atoms with Crippen LogP contribution in [0, 0.1) is 0 Å². The molecule has 2 N–H and O–H groups in total. The number of hydrogen-bond donors (Lipinski definition) is 2. The SMILES string of the molecule is O=C(COc1ccc(Cl)cc1Cl)NNC(=O)CN1C(=O)/C(=C/c2ccc(Cl)cc2Cl)SC1=S. The van der Waals surface area contributed by atoms with E-state index in [4.69, 9.17) is 63.4 Å². The quantitative estimate of drug-likeness (QED) is 0.300. The molecule has 3 rings (SSSR count). The minimum Gasteiger partial charge on any atom is -0.482 e. The highest BCUT2D eigenvalue weighted by atomic mass is 35.5. The van der Waals surface area contributed by atoms with Crippen molar-refractivity contribution >= 4 is 98.5 Å². The second-order valence-corrected chi connectivity index (χ2v) is 9.76. The molecule has 3 amide bonds. The highest BCUT2D eigenvalue weighted by Gasteiger charge is 2.33. The fraction of sp³-hybridized carbons (Fsp3) is 0.100. The number of carbonyl (C=O) groups excluding carboxylic acids is 3. The number of ether oxygens (including phenoxy) is 1. The van der Waals surface area contributed by atoms with Gasteiger partial charge in [0.15, 0.2) is 6.61 Å². The molecule has 1 aliphatic rings. The molecule has 172 valence electrons. The molecule has 33 heavy (non-hydrogen) atoms. The summed E-state index contributed by atoms with van der Waals surface area (Å²) in [5.74, 6) is -1.50. The predicted molar refractivity (Wildman–Crippen MR) is 135 cm³/mol. The van der Waals surface area contributed by atoms with E-state index in [9.17, 15) is 14.4 Å². The van der Waals surface area contributed by atoms with Crippen LogP contribution in [0.1, 0.15) is 5.56 Å². The van der Waals surface area contributed by atoms with Crippen molar-refractivity contribution in [3.63, 3.8) is 0 Å². The van der Waals surface area contributed by atoms with Gasteiger partial charge in [0, 0.05) is 15.1 Å². The summed E-state index contributed by atoms with van der Waals surface area (Å²) in [4.78, 5) is 38.2. The summed E-state index contributed by atoms with van der Waals surface area (Å²) < 4.78 is 5.47. The average Bonchev–Trinajstić information content (AvgIpc) is 3.01. The number of benzene rings is 2. The standard InChI is InChI=1S/C20H13Cl4N3O4S2/c21-11-2-1-10(13(23)6-11)5-16-19(30)27(20(32)33-16)8-17(28)25-26-18(29)9-31-15-4-3-12(22)7-14(15)24/h1-7H,8-9H2,(H,25,28)(H,26,29)/b16-5-. The van der Waals surface area contributed by atoms with E-state index in [2.05, 4.69) is 10.9 Å². The van der Waals surface area contributed by atoms with Crippen LogP contribution in [0.5, 0.6) is 5.75 Å². The Morgan fingerprint density at radius 1 is 1.00 bits per heavy atom. The van der Waals surface area contributed by atoms with E-state index in [1.165, 1.54) is 12.1 Å². The van der Waals surface area contributed by atoms with Crippen LogP contribution in [0.2, 0.25) is 20.1 Å². The summed E-state index contributed by atoms with van der Waals surface area (Å²) in [7, 11) is 0. The van der Waals surface area contributed by atoms with Gasteiger partial charge in [0.05, 0.1) is 9.93 Å². The molecule has 0 bridgehead atoms. The molecular formula is C20H13Cl4N3O4S2. The Hall–Kier alpha value is -2.01. The molecule has 0 unspecified atom stereocenters. The van der Waals surface area contributed by atoms with Gasteiger partial charge in [-0.25, -0.2) is 0 Å². The van der Waals surface area contributed by atoms with E-state index in [-0.39, 0.29) is 21.6 Å². The number of carbonyl (C=O) groups is 3. The molecule has 0 atom stereocenters. The summed E-state index contributed by atoms with van der Waals surface area (Å²) in [6.45, 7) is -0.798. The number of amides is 3. The Morgan fingerprint density at radius 3 is 2.30 bits per heavy atom. The van der Waals surface area contributed by atoms with Gasteiger partial charge in [0.25, 0.3) is 17.7 Å². The summed E-state index contributed by atoms with van der Waals surface area (Å²) in [6.07, 6.45) is 1.57. The predicted octanol–water partition coefficient (Wildman–Crippen LogP) is 4.73. The molecule has 0 saturated carbocycles. The Bertz CT molecular complexity index is 1180. The van der Waals surface area contributed by atoms with Gasteiger partial charge in [-0.15, -0.1) is 0 Å². The van der Waals surface area contributed by atoms with Gasteiger partial charge in [0.1, 0.15) is 16.6 Å². The topological polar surface area (TPSA) is 87.7 Å². The van der Waals surface area contributed by atoms with Crippen LogP contribution >= 0.6 is 70.4 Å². The van der Waals surface area contributed by atoms with Crippen molar-refractivity contribution in [1.29, 1.82) is 0 Å². The highest BCUT2D eigenvalue weighted by Crippen LogP contribution is 2.34. The number of halogens is 4. The number of rotatable bonds is 6. The van der Waals surface area contributed by atoms with Crippen LogP contribution in [-0.4, -0.2) is 40.1 Å². The highest BCUT2D eigenvalue weighted by molar-refractivity contribution is 8.26. The molecule has 0 spiro atoms. The fourth-order valence-electron chi connectivity index (χ4n) is 2.49. The van der Waals surface area contributed by atoms with Crippen LogP contribution < -0.4 is 15.6 Å². The minimum absolute atomic E-state index is 0.193. The first kappa shape index (κ1) is 25.6. The number of thioether (sulfide) groups is 1. The third kappa shape index (κ3) is 6.99. The van der Waals surface area contributed by atoms with Gasteiger partial charge in [-0.2, -0.15) is 0 Å². The third-order valence-electron chi connectivity index (χ3n) is 4.02. The third-order valence-corrected chi connectivity index (χ3v) is 6.49. The second-order valence-electron chi connectivity index (χ2n) is 6.39. The minimum atomic E-state index is -0.657. The Balaban J connectivity index is 1.51. The molecule has 7 nitrogen and oxygen atoms in total. The van der Waals surface area contributed by atoms with Gasteiger partial charge in [-0.1, -0.05) is 76.4 Å². The van der Waals surface area contributed by atoms with Gasteiger partial charge in [-0.05, 0) is 42.0 Å². The first-order chi connectivity index (χ1) is 15.6. The number of nitrogens with zero attached hydrogens (tertiary/aromatic N) is 1. The van der Waals surface area contributed by atoms with Crippen LogP contribution in [0.25, 0.3) is 6.08 Å². The normalized spacial score (nSPS) is 14.5. The molecule has 0 radical (unpaired) electrons. The van der Waals surface area contributed by atoms with Crippen molar-refractivity contribution in [2.24, 2.45) is 0 Å². The van der Waals surface area contributed by atoms with E-state index < -0.39 is 24.3 Å². The molecule has 1 heterocycles. The van der Waals surface area contributed by atoms with Crippen LogP contribution in [-0.2, 0) is 14.4 Å². The number of thiocarbonyl (C=S) groups is 1. The van der Waals surface area contributed by atoms with E-state index in [0.29, 0.717) is 25.5 Å². The molecule has 1 fully saturated rings. The van der Waals surface area contributed by atoms with E-state index in [1.54, 1.807) is 30.3 Å². The maximum atomic E-state index is 12.7. The van der Waals surface area contributed by atoms with Gasteiger partial charge < -0.3 is 4.74 Å². The maximum absolute atomic E-state index is 12.7. The van der Waals surface area contributed by atoms with Crippen molar-refractivity contribution in [1.82, 2.24) is 15.8 Å². The molecule has 2 aromatic carbocycles. The smallest absolute Gasteiger partial charge is 0.276 e. The molecule has 2 aromatic rings. The van der Waals surface area contributed by atoms with Gasteiger partial charge >= 0.3 is 0 Å². The Labute approximate surface area is 218 Å². The summed E-state index contributed by atoms with van der Waals surface area (Å²) in [5, 5.41) is 1.49. The van der Waals surface area contributed by atoms with Crippen molar-refractivity contribution in [3.05, 3.63) is 67.0 Å². The largest absolute Gasteiger partial charge is 0.482 e. The zero-order valence-electron chi connectivity index (χ0n) is 16.4. The lowest BCUT2D eigenvalue weighted by Gasteiger charge is -2.15. The molecule has 13 heteroatoms. The lowest BCUT2D eigenvalue weighted by Crippen LogP contribution is -2.48. The molecule has 1 saturated heterocycles. The first-order valence-electron chi connectivity index (χ1n) is 9.00. The van der Waals surface area contributed by atoms with E-state index >= 15 is 0 Å². The Kier molecular flexibility index (Phi) is 8.86. The zero-order valence-corrected chi connectivity index (χ0v) is 21.0. The first-order valence-corrected chi connectivity index (χ1v) is 11.7. The average molecular weight is 565 g/mol. The molecule has 1 aliphatic heterocycles.